The highest BCUT2D eigenvalue weighted by atomic mass is 32.1. The van der Waals surface area contributed by atoms with Gasteiger partial charge in [0.15, 0.2) is 0 Å². The Morgan fingerprint density at radius 2 is 2.23 bits per heavy atom. The fourth-order valence-corrected chi connectivity index (χ4v) is 2.74. The molecule has 0 aromatic carbocycles. The Bertz CT molecular complexity index is 337. The van der Waals surface area contributed by atoms with Crippen LogP contribution in [0.4, 0.5) is 0 Å². The third-order valence-corrected chi connectivity index (χ3v) is 3.57. The van der Waals surface area contributed by atoms with E-state index in [4.69, 9.17) is 5.73 Å². The molecule has 3 heteroatoms. The molecule has 0 amide bonds. The first-order chi connectivity index (χ1) is 6.36. The number of hydrogen-bond acceptors (Lipinski definition) is 3. The van der Waals surface area contributed by atoms with E-state index >= 15 is 0 Å². The van der Waals surface area contributed by atoms with Crippen LogP contribution in [0.3, 0.4) is 0 Å². The minimum absolute atomic E-state index is 0.157. The molecule has 2 aromatic heterocycles. The Labute approximate surface area is 85.8 Å². The molecule has 2 rings (SSSR count). The van der Waals surface area contributed by atoms with Crippen LogP contribution in [0, 0.1) is 0 Å². The van der Waals surface area contributed by atoms with E-state index in [0.717, 1.165) is 6.42 Å². The lowest BCUT2D eigenvalue weighted by atomic mass is 10.1. The van der Waals surface area contributed by atoms with E-state index in [1.165, 1.54) is 10.4 Å². The lowest BCUT2D eigenvalue weighted by Gasteiger charge is -2.07. The molecule has 0 saturated heterocycles. The fraction of sp³-hybridized carbons (Fsp3) is 0.200. The molecule has 2 N–H and O–H groups in total. The molecule has 13 heavy (non-hydrogen) atoms. The van der Waals surface area contributed by atoms with Crippen molar-refractivity contribution in [3.63, 3.8) is 0 Å². The van der Waals surface area contributed by atoms with Gasteiger partial charge in [0.05, 0.1) is 0 Å². The zero-order chi connectivity index (χ0) is 9.10. The molecule has 2 aromatic rings. The van der Waals surface area contributed by atoms with Gasteiger partial charge in [-0.3, -0.25) is 0 Å². The first-order valence-corrected chi connectivity index (χ1v) is 5.98. The van der Waals surface area contributed by atoms with Gasteiger partial charge in [-0.2, -0.15) is 11.3 Å². The minimum atomic E-state index is 0.157. The highest BCUT2D eigenvalue weighted by molar-refractivity contribution is 7.09. The zero-order valence-electron chi connectivity index (χ0n) is 7.14. The van der Waals surface area contributed by atoms with Gasteiger partial charge in [0.25, 0.3) is 0 Å². The van der Waals surface area contributed by atoms with E-state index in [-0.39, 0.29) is 6.04 Å². The summed E-state index contributed by atoms with van der Waals surface area (Å²) < 4.78 is 0. The Morgan fingerprint density at radius 3 is 2.85 bits per heavy atom. The van der Waals surface area contributed by atoms with Crippen molar-refractivity contribution in [2.75, 3.05) is 0 Å². The molecular weight excluding hydrogens is 198 g/mol. The van der Waals surface area contributed by atoms with Gasteiger partial charge in [-0.25, -0.2) is 0 Å². The van der Waals surface area contributed by atoms with Crippen LogP contribution in [-0.4, -0.2) is 0 Å². The van der Waals surface area contributed by atoms with Crippen LogP contribution in [0.15, 0.2) is 34.3 Å². The van der Waals surface area contributed by atoms with Gasteiger partial charge >= 0.3 is 0 Å². The molecule has 1 atom stereocenters. The Balaban J connectivity index is 2.04. The Hall–Kier alpha value is -0.640. The summed E-state index contributed by atoms with van der Waals surface area (Å²) in [4.78, 5) is 1.36. The number of thiophene rings is 2. The second-order valence-corrected chi connectivity index (χ2v) is 4.76. The maximum atomic E-state index is 6.04. The van der Waals surface area contributed by atoms with Gasteiger partial charge in [0.2, 0.25) is 0 Å². The van der Waals surface area contributed by atoms with Crippen molar-refractivity contribution >= 4 is 22.7 Å². The topological polar surface area (TPSA) is 26.0 Å². The fourth-order valence-electron chi connectivity index (χ4n) is 1.25. The van der Waals surface area contributed by atoms with E-state index in [2.05, 4.69) is 34.3 Å². The summed E-state index contributed by atoms with van der Waals surface area (Å²) in [7, 11) is 0. The Kier molecular flexibility index (Phi) is 2.78. The van der Waals surface area contributed by atoms with E-state index < -0.39 is 0 Å². The van der Waals surface area contributed by atoms with Crippen molar-refractivity contribution in [1.29, 1.82) is 0 Å². The second-order valence-electron chi connectivity index (χ2n) is 2.95. The van der Waals surface area contributed by atoms with Crippen molar-refractivity contribution in [1.82, 2.24) is 0 Å². The number of hydrogen-bond donors (Lipinski definition) is 1. The van der Waals surface area contributed by atoms with Crippen molar-refractivity contribution in [3.05, 3.63) is 44.8 Å². The highest BCUT2D eigenvalue weighted by Gasteiger charge is 2.07. The molecule has 0 spiro atoms. The average molecular weight is 209 g/mol. The van der Waals surface area contributed by atoms with Crippen molar-refractivity contribution in [2.45, 2.75) is 12.5 Å². The quantitative estimate of drug-likeness (QED) is 0.826. The third-order valence-electron chi connectivity index (χ3n) is 1.97. The second kappa shape index (κ2) is 4.05. The van der Waals surface area contributed by atoms with Crippen LogP contribution >= 0.6 is 22.7 Å². The summed E-state index contributed by atoms with van der Waals surface area (Å²) in [6, 6.07) is 6.46. The maximum Gasteiger partial charge on any atom is 0.0351 e. The van der Waals surface area contributed by atoms with Crippen LogP contribution in [0.2, 0.25) is 0 Å². The van der Waals surface area contributed by atoms with Gasteiger partial charge in [-0.15, -0.1) is 11.3 Å². The molecule has 1 nitrogen and oxygen atoms in total. The molecule has 1 unspecified atom stereocenters. The predicted molar refractivity (Wildman–Crippen MR) is 59.3 cm³/mol. The van der Waals surface area contributed by atoms with E-state index in [0.29, 0.717) is 0 Å². The lowest BCUT2D eigenvalue weighted by molar-refractivity contribution is 0.733. The summed E-state index contributed by atoms with van der Waals surface area (Å²) in [5, 5.41) is 6.29. The van der Waals surface area contributed by atoms with Gasteiger partial charge < -0.3 is 5.73 Å². The summed E-state index contributed by atoms with van der Waals surface area (Å²) in [5.74, 6) is 0. The van der Waals surface area contributed by atoms with Gasteiger partial charge in [-0.05, 0) is 33.8 Å². The third kappa shape index (κ3) is 2.18. The first-order valence-electron chi connectivity index (χ1n) is 4.16. The molecule has 0 aliphatic rings. The van der Waals surface area contributed by atoms with E-state index in [9.17, 15) is 0 Å². The number of rotatable bonds is 3. The van der Waals surface area contributed by atoms with Crippen LogP contribution in [0.5, 0.6) is 0 Å². The summed E-state index contributed by atoms with van der Waals surface area (Å²) in [6.45, 7) is 0. The van der Waals surface area contributed by atoms with Crippen LogP contribution < -0.4 is 5.73 Å². The van der Waals surface area contributed by atoms with Gasteiger partial charge in [0.1, 0.15) is 0 Å². The predicted octanol–water partition coefficient (Wildman–Crippen LogP) is 3.05. The molecular formula is C10H11NS2. The maximum absolute atomic E-state index is 6.04. The van der Waals surface area contributed by atoms with Crippen LogP contribution in [0.25, 0.3) is 0 Å². The molecule has 0 bridgehead atoms. The molecule has 2 heterocycles. The van der Waals surface area contributed by atoms with Crippen molar-refractivity contribution < 1.29 is 0 Å². The highest BCUT2D eigenvalue weighted by Crippen LogP contribution is 2.20. The van der Waals surface area contributed by atoms with Crippen molar-refractivity contribution in [2.24, 2.45) is 5.73 Å². The molecule has 0 fully saturated rings. The molecule has 0 aliphatic carbocycles. The van der Waals surface area contributed by atoms with E-state index in [1.807, 2.05) is 0 Å². The van der Waals surface area contributed by atoms with Gasteiger partial charge in [0, 0.05) is 17.3 Å². The monoisotopic (exact) mass is 209 g/mol. The molecule has 68 valence electrons. The zero-order valence-corrected chi connectivity index (χ0v) is 8.78. The normalized spacial score (nSPS) is 13.0. The van der Waals surface area contributed by atoms with E-state index in [1.54, 1.807) is 22.7 Å². The van der Waals surface area contributed by atoms with Crippen LogP contribution in [-0.2, 0) is 6.42 Å². The SMILES string of the molecule is NC(Cc1cccs1)c1ccsc1. The largest absolute Gasteiger partial charge is 0.324 e. The summed E-state index contributed by atoms with van der Waals surface area (Å²) in [6.07, 6.45) is 0.953. The minimum Gasteiger partial charge on any atom is -0.324 e. The molecule has 0 saturated carbocycles. The van der Waals surface area contributed by atoms with Crippen molar-refractivity contribution in [3.8, 4) is 0 Å². The first kappa shape index (κ1) is 8.94. The standard InChI is InChI=1S/C10H11NS2/c11-10(8-3-5-12-7-8)6-9-2-1-4-13-9/h1-5,7,10H,6,11H2. The molecule has 0 radical (unpaired) electrons. The summed E-state index contributed by atoms with van der Waals surface area (Å²) >= 11 is 3.48. The average Bonchev–Trinajstić information content (AvgIpc) is 2.74. The van der Waals surface area contributed by atoms with Gasteiger partial charge in [-0.1, -0.05) is 6.07 Å². The molecule has 0 aliphatic heterocycles. The lowest BCUT2D eigenvalue weighted by Crippen LogP contribution is -2.11. The Morgan fingerprint density at radius 1 is 1.31 bits per heavy atom. The van der Waals surface area contributed by atoms with Crippen LogP contribution in [0.1, 0.15) is 16.5 Å². The smallest absolute Gasteiger partial charge is 0.0351 e. The summed E-state index contributed by atoms with van der Waals surface area (Å²) in [5.41, 5.74) is 7.29. The number of nitrogens with two attached hydrogens (primary N) is 1.